The standard InChI is InChI=1S/C20H18ClN3.C2H6/c1-4-16-17(5-2)23-20(18-8-6-7-13(3)22-18)24-19(16)14-9-11-15(21)12-10-14;1-2/h4-12H,1-3H3;1-2H3/b16-4+,17-5+;. The van der Waals surface area contributed by atoms with Crippen LogP contribution < -0.4 is 10.6 Å². The molecule has 0 aliphatic heterocycles. The van der Waals surface area contributed by atoms with Gasteiger partial charge in [0.25, 0.3) is 0 Å². The fraction of sp³-hybridized carbons (Fsp3) is 0.227. The minimum Gasteiger partial charge on any atom is -0.250 e. The van der Waals surface area contributed by atoms with E-state index in [1.807, 2.05) is 89.2 Å². The number of hydrogen-bond donors (Lipinski definition) is 0. The molecule has 1 aromatic carbocycles. The van der Waals surface area contributed by atoms with Crippen LogP contribution in [-0.4, -0.2) is 15.0 Å². The average molecular weight is 366 g/mol. The largest absolute Gasteiger partial charge is 0.250 e. The van der Waals surface area contributed by atoms with Crippen molar-refractivity contribution in [2.45, 2.75) is 34.6 Å². The summed E-state index contributed by atoms with van der Waals surface area (Å²) in [5.74, 6) is 0.627. The SMILES string of the molecule is C/C=c1/c(-c2ccc(Cl)cc2)nc(-c2cccc(C)n2)n/c1=C/C.CC. The molecule has 0 aliphatic carbocycles. The quantitative estimate of drug-likeness (QED) is 0.655. The molecule has 3 nitrogen and oxygen atoms in total. The number of pyridine rings is 1. The lowest BCUT2D eigenvalue weighted by atomic mass is 10.1. The van der Waals surface area contributed by atoms with Crippen molar-refractivity contribution >= 4 is 23.8 Å². The van der Waals surface area contributed by atoms with Gasteiger partial charge in [-0.1, -0.05) is 55.8 Å². The fourth-order valence-corrected chi connectivity index (χ4v) is 2.73. The van der Waals surface area contributed by atoms with Crippen molar-refractivity contribution in [2.75, 3.05) is 0 Å². The first-order chi connectivity index (χ1) is 12.6. The molecule has 0 saturated heterocycles. The van der Waals surface area contributed by atoms with E-state index >= 15 is 0 Å². The fourth-order valence-electron chi connectivity index (χ4n) is 2.60. The molecule has 0 N–H and O–H groups in total. The van der Waals surface area contributed by atoms with Gasteiger partial charge < -0.3 is 0 Å². The van der Waals surface area contributed by atoms with Crippen LogP contribution in [0.25, 0.3) is 34.9 Å². The highest BCUT2D eigenvalue weighted by molar-refractivity contribution is 6.30. The molecule has 0 saturated carbocycles. The van der Waals surface area contributed by atoms with Crippen LogP contribution in [0.2, 0.25) is 5.02 Å². The molecule has 26 heavy (non-hydrogen) atoms. The van der Waals surface area contributed by atoms with Gasteiger partial charge >= 0.3 is 0 Å². The lowest BCUT2D eigenvalue weighted by Crippen LogP contribution is -2.31. The summed E-state index contributed by atoms with van der Waals surface area (Å²) in [7, 11) is 0. The molecule has 0 spiro atoms. The summed E-state index contributed by atoms with van der Waals surface area (Å²) in [6.45, 7) is 9.94. The van der Waals surface area contributed by atoms with Crippen molar-refractivity contribution in [1.29, 1.82) is 0 Å². The molecule has 0 fully saturated rings. The minimum atomic E-state index is 0.627. The number of benzene rings is 1. The topological polar surface area (TPSA) is 38.7 Å². The van der Waals surface area contributed by atoms with E-state index in [2.05, 4.69) is 4.98 Å². The van der Waals surface area contributed by atoms with Gasteiger partial charge in [-0.15, -0.1) is 0 Å². The summed E-state index contributed by atoms with van der Waals surface area (Å²) >= 11 is 6.02. The van der Waals surface area contributed by atoms with Crippen LogP contribution >= 0.6 is 11.6 Å². The van der Waals surface area contributed by atoms with Crippen LogP contribution in [0.3, 0.4) is 0 Å². The van der Waals surface area contributed by atoms with Crippen LogP contribution in [0, 0.1) is 6.92 Å². The van der Waals surface area contributed by atoms with Crippen molar-refractivity contribution in [1.82, 2.24) is 15.0 Å². The molecule has 0 unspecified atom stereocenters. The van der Waals surface area contributed by atoms with E-state index < -0.39 is 0 Å². The second-order valence-corrected chi connectivity index (χ2v) is 5.88. The van der Waals surface area contributed by atoms with E-state index in [0.717, 1.165) is 33.2 Å². The summed E-state index contributed by atoms with van der Waals surface area (Å²) in [6, 6.07) is 13.6. The highest BCUT2D eigenvalue weighted by atomic mass is 35.5. The van der Waals surface area contributed by atoms with Gasteiger partial charge in [0.2, 0.25) is 0 Å². The Kier molecular flexibility index (Phi) is 7.05. The summed E-state index contributed by atoms with van der Waals surface area (Å²) in [5, 5.41) is 2.62. The Labute approximate surface area is 160 Å². The Morgan fingerprint density at radius 2 is 1.54 bits per heavy atom. The van der Waals surface area contributed by atoms with E-state index in [1.54, 1.807) is 0 Å². The Hall–Kier alpha value is -2.52. The molecule has 0 atom stereocenters. The van der Waals surface area contributed by atoms with Gasteiger partial charge in [-0.05, 0) is 45.0 Å². The zero-order valence-corrected chi connectivity index (χ0v) is 16.7. The molecule has 4 heteroatoms. The molecule has 0 bridgehead atoms. The van der Waals surface area contributed by atoms with E-state index in [9.17, 15) is 0 Å². The van der Waals surface area contributed by atoms with Gasteiger partial charge in [-0.3, -0.25) is 0 Å². The smallest absolute Gasteiger partial charge is 0.179 e. The molecule has 3 aromatic rings. The number of aromatic nitrogens is 3. The highest BCUT2D eigenvalue weighted by Gasteiger charge is 2.10. The van der Waals surface area contributed by atoms with Crippen LogP contribution in [0.5, 0.6) is 0 Å². The van der Waals surface area contributed by atoms with Crippen LogP contribution in [0.15, 0.2) is 42.5 Å². The second-order valence-electron chi connectivity index (χ2n) is 5.44. The molecule has 2 aromatic heterocycles. The van der Waals surface area contributed by atoms with Gasteiger partial charge in [0.1, 0.15) is 5.69 Å². The second kappa shape index (κ2) is 9.25. The molecule has 0 aliphatic rings. The maximum atomic E-state index is 6.02. The van der Waals surface area contributed by atoms with Crippen molar-refractivity contribution in [3.63, 3.8) is 0 Å². The van der Waals surface area contributed by atoms with E-state index in [4.69, 9.17) is 21.6 Å². The Balaban J connectivity index is 0.00000117. The molecule has 134 valence electrons. The summed E-state index contributed by atoms with van der Waals surface area (Å²) < 4.78 is 0. The first kappa shape index (κ1) is 19.8. The van der Waals surface area contributed by atoms with Crippen LogP contribution in [-0.2, 0) is 0 Å². The monoisotopic (exact) mass is 365 g/mol. The molecule has 3 rings (SSSR count). The van der Waals surface area contributed by atoms with Crippen LogP contribution in [0.1, 0.15) is 33.4 Å². The third-order valence-electron chi connectivity index (χ3n) is 3.77. The maximum absolute atomic E-state index is 6.02. The third-order valence-corrected chi connectivity index (χ3v) is 4.02. The molecule has 2 heterocycles. The number of aryl methyl sites for hydroxylation is 1. The molecular weight excluding hydrogens is 342 g/mol. The van der Waals surface area contributed by atoms with Gasteiger partial charge in [-0.25, -0.2) is 15.0 Å². The maximum Gasteiger partial charge on any atom is 0.179 e. The third kappa shape index (κ3) is 4.36. The van der Waals surface area contributed by atoms with Crippen molar-refractivity contribution in [2.24, 2.45) is 0 Å². The Bertz CT molecular complexity index is 993. The van der Waals surface area contributed by atoms with Gasteiger partial charge in [0, 0.05) is 21.5 Å². The van der Waals surface area contributed by atoms with E-state index in [0.29, 0.717) is 10.8 Å². The minimum absolute atomic E-state index is 0.627. The first-order valence-corrected chi connectivity index (χ1v) is 9.21. The summed E-state index contributed by atoms with van der Waals surface area (Å²) in [5.41, 5.74) is 3.61. The Morgan fingerprint density at radius 3 is 2.12 bits per heavy atom. The molecule has 0 radical (unpaired) electrons. The normalized spacial score (nSPS) is 11.9. The number of nitrogens with zero attached hydrogens (tertiary/aromatic N) is 3. The molecular formula is C22H24ClN3. The summed E-state index contributed by atoms with van der Waals surface area (Å²) in [6.07, 6.45) is 4.03. The summed E-state index contributed by atoms with van der Waals surface area (Å²) in [4.78, 5) is 14.0. The zero-order chi connectivity index (χ0) is 19.1. The van der Waals surface area contributed by atoms with Crippen molar-refractivity contribution in [3.8, 4) is 22.8 Å². The number of rotatable bonds is 2. The van der Waals surface area contributed by atoms with Gasteiger partial charge in [0.05, 0.1) is 11.0 Å². The van der Waals surface area contributed by atoms with Crippen molar-refractivity contribution < 1.29 is 0 Å². The first-order valence-electron chi connectivity index (χ1n) is 8.83. The van der Waals surface area contributed by atoms with E-state index in [-0.39, 0.29) is 0 Å². The van der Waals surface area contributed by atoms with Crippen molar-refractivity contribution in [3.05, 3.63) is 63.7 Å². The predicted octanol–water partition coefficient (Wildman–Crippen LogP) is 4.79. The zero-order valence-electron chi connectivity index (χ0n) is 15.9. The van der Waals surface area contributed by atoms with E-state index in [1.165, 1.54) is 0 Å². The average Bonchev–Trinajstić information content (AvgIpc) is 2.69. The van der Waals surface area contributed by atoms with Crippen LogP contribution in [0.4, 0.5) is 0 Å². The predicted molar refractivity (Wildman–Crippen MR) is 111 cm³/mol. The van der Waals surface area contributed by atoms with Gasteiger partial charge in [0.15, 0.2) is 5.82 Å². The lowest BCUT2D eigenvalue weighted by Gasteiger charge is -2.07. The molecule has 0 amide bonds. The number of hydrogen-bond acceptors (Lipinski definition) is 3. The lowest BCUT2D eigenvalue weighted by molar-refractivity contribution is 1.08. The Morgan fingerprint density at radius 1 is 0.846 bits per heavy atom. The van der Waals surface area contributed by atoms with Gasteiger partial charge in [-0.2, -0.15) is 0 Å². The highest BCUT2D eigenvalue weighted by Crippen LogP contribution is 2.19. The number of halogens is 1.